The lowest BCUT2D eigenvalue weighted by molar-refractivity contribution is -0.140. The average molecular weight is 527 g/mol. The maximum atomic E-state index is 12.6. The van der Waals surface area contributed by atoms with Gasteiger partial charge >= 0.3 is 6.18 Å². The lowest BCUT2D eigenvalue weighted by Gasteiger charge is -2.10. The van der Waals surface area contributed by atoms with Crippen molar-refractivity contribution < 1.29 is 18.0 Å². The van der Waals surface area contributed by atoms with Gasteiger partial charge < -0.3 is 16.4 Å². The molecule has 1 amide bonds. The Hall–Kier alpha value is -1.89. The number of amides is 1. The summed E-state index contributed by atoms with van der Waals surface area (Å²) in [6, 6.07) is 6.80. The minimum absolute atomic E-state index is 0. The first-order chi connectivity index (χ1) is 12.8. The number of benzene rings is 1. The standard InChI is InChI=1S/C17H20F3N5OS.HI/c1-2-22-16(24-9-11-3-5-12(6-4-11)15(21)26)23-8-7-14-25-13(10-27-14)17(18,19)20;/h3-6,10H,2,7-9H2,1H3,(H2,21,26)(H2,22,23,24);1H. The van der Waals surface area contributed by atoms with E-state index < -0.39 is 17.8 Å². The highest BCUT2D eigenvalue weighted by molar-refractivity contribution is 14.0. The van der Waals surface area contributed by atoms with Crippen LogP contribution < -0.4 is 16.4 Å². The van der Waals surface area contributed by atoms with Crippen molar-refractivity contribution in [3.05, 3.63) is 51.5 Å². The molecule has 0 aliphatic rings. The van der Waals surface area contributed by atoms with Crippen molar-refractivity contribution in [2.24, 2.45) is 10.7 Å². The molecule has 0 aliphatic heterocycles. The first-order valence-electron chi connectivity index (χ1n) is 8.22. The molecule has 0 atom stereocenters. The summed E-state index contributed by atoms with van der Waals surface area (Å²) in [7, 11) is 0. The van der Waals surface area contributed by atoms with Crippen molar-refractivity contribution in [3.63, 3.8) is 0 Å². The topological polar surface area (TPSA) is 92.4 Å². The molecule has 11 heteroatoms. The number of hydrogen-bond donors (Lipinski definition) is 3. The van der Waals surface area contributed by atoms with Crippen LogP contribution in [0.5, 0.6) is 0 Å². The number of hydrogen-bond acceptors (Lipinski definition) is 4. The van der Waals surface area contributed by atoms with Crippen LogP contribution >= 0.6 is 35.3 Å². The van der Waals surface area contributed by atoms with E-state index in [1.165, 1.54) is 0 Å². The third-order valence-corrected chi connectivity index (χ3v) is 4.38. The number of aliphatic imine (C=N–C) groups is 1. The summed E-state index contributed by atoms with van der Waals surface area (Å²) in [6.07, 6.45) is -4.05. The molecule has 6 nitrogen and oxygen atoms in total. The number of alkyl halides is 3. The molecule has 0 bridgehead atoms. The van der Waals surface area contributed by atoms with Crippen molar-refractivity contribution in [2.45, 2.75) is 26.1 Å². The monoisotopic (exact) mass is 527 g/mol. The molecule has 0 unspecified atom stereocenters. The molecular weight excluding hydrogens is 506 g/mol. The van der Waals surface area contributed by atoms with E-state index in [4.69, 9.17) is 5.73 Å². The summed E-state index contributed by atoms with van der Waals surface area (Å²) in [5.41, 5.74) is 5.66. The van der Waals surface area contributed by atoms with E-state index in [9.17, 15) is 18.0 Å². The summed E-state index contributed by atoms with van der Waals surface area (Å²) < 4.78 is 37.7. The van der Waals surface area contributed by atoms with E-state index >= 15 is 0 Å². The molecule has 154 valence electrons. The normalized spacial score (nSPS) is 11.6. The van der Waals surface area contributed by atoms with Gasteiger partial charge in [-0.1, -0.05) is 12.1 Å². The first kappa shape index (κ1) is 24.1. The number of guanidine groups is 1. The maximum absolute atomic E-state index is 12.6. The van der Waals surface area contributed by atoms with Gasteiger partial charge in [-0.25, -0.2) is 9.98 Å². The number of nitrogens with zero attached hydrogens (tertiary/aromatic N) is 2. The molecule has 0 spiro atoms. The smallest absolute Gasteiger partial charge is 0.366 e. The van der Waals surface area contributed by atoms with Crippen LogP contribution in [0.2, 0.25) is 0 Å². The zero-order chi connectivity index (χ0) is 19.9. The number of halogens is 4. The van der Waals surface area contributed by atoms with Gasteiger partial charge in [0.1, 0.15) is 0 Å². The van der Waals surface area contributed by atoms with Gasteiger partial charge in [-0.2, -0.15) is 13.2 Å². The lowest BCUT2D eigenvalue weighted by Crippen LogP contribution is -2.38. The summed E-state index contributed by atoms with van der Waals surface area (Å²) in [4.78, 5) is 19.1. The molecule has 0 saturated carbocycles. The highest BCUT2D eigenvalue weighted by Crippen LogP contribution is 2.29. The Balaban J connectivity index is 0.00000392. The second-order valence-electron chi connectivity index (χ2n) is 5.56. The second kappa shape index (κ2) is 11.2. The molecular formula is C17H21F3IN5OS. The lowest BCUT2D eigenvalue weighted by atomic mass is 10.1. The molecule has 2 aromatic rings. The first-order valence-corrected chi connectivity index (χ1v) is 9.10. The Bertz CT molecular complexity index is 793. The number of nitrogens with one attached hydrogen (secondary N) is 2. The second-order valence-corrected chi connectivity index (χ2v) is 6.50. The average Bonchev–Trinajstić information content (AvgIpc) is 3.09. The fourth-order valence-electron chi connectivity index (χ4n) is 2.13. The van der Waals surface area contributed by atoms with Crippen molar-refractivity contribution in [3.8, 4) is 0 Å². The number of nitrogens with two attached hydrogens (primary N) is 1. The number of carbonyl (C=O) groups is 1. The minimum atomic E-state index is -4.41. The quantitative estimate of drug-likeness (QED) is 0.293. The molecule has 1 aromatic heterocycles. The fourth-order valence-corrected chi connectivity index (χ4v) is 2.94. The number of carbonyl (C=O) groups excluding carboxylic acids is 1. The van der Waals surface area contributed by atoms with Gasteiger partial charge in [0.2, 0.25) is 5.91 Å². The molecule has 4 N–H and O–H groups in total. The van der Waals surface area contributed by atoms with Gasteiger partial charge in [0, 0.05) is 30.5 Å². The molecule has 0 radical (unpaired) electrons. The van der Waals surface area contributed by atoms with Gasteiger partial charge in [-0.05, 0) is 24.6 Å². The zero-order valence-electron chi connectivity index (χ0n) is 15.0. The fraction of sp³-hybridized carbons (Fsp3) is 0.353. The predicted molar refractivity (Wildman–Crippen MR) is 114 cm³/mol. The van der Waals surface area contributed by atoms with Crippen LogP contribution in [-0.2, 0) is 19.1 Å². The number of aromatic nitrogens is 1. The molecule has 2 rings (SSSR count). The largest absolute Gasteiger partial charge is 0.434 e. The van der Waals surface area contributed by atoms with Crippen LogP contribution in [0, 0.1) is 0 Å². The minimum Gasteiger partial charge on any atom is -0.366 e. The van der Waals surface area contributed by atoms with E-state index in [1.807, 2.05) is 6.92 Å². The molecule has 1 aromatic carbocycles. The van der Waals surface area contributed by atoms with Crippen LogP contribution in [0.15, 0.2) is 34.6 Å². The maximum Gasteiger partial charge on any atom is 0.434 e. The molecule has 28 heavy (non-hydrogen) atoms. The summed E-state index contributed by atoms with van der Waals surface area (Å²) in [5.74, 6) is 0.0556. The van der Waals surface area contributed by atoms with Gasteiger partial charge in [0.15, 0.2) is 11.7 Å². The number of thiazole rings is 1. The highest BCUT2D eigenvalue weighted by Gasteiger charge is 2.33. The van der Waals surface area contributed by atoms with Gasteiger partial charge in [-0.3, -0.25) is 4.79 Å². The van der Waals surface area contributed by atoms with E-state index in [1.54, 1.807) is 24.3 Å². The molecule has 1 heterocycles. The Kier molecular flexibility index (Phi) is 9.65. The van der Waals surface area contributed by atoms with E-state index in [2.05, 4.69) is 20.6 Å². The van der Waals surface area contributed by atoms with Gasteiger partial charge in [0.25, 0.3) is 0 Å². The predicted octanol–water partition coefficient (Wildman–Crippen LogP) is 3.18. The molecule has 0 aliphatic carbocycles. The van der Waals surface area contributed by atoms with Crippen LogP contribution in [-0.4, -0.2) is 29.9 Å². The zero-order valence-corrected chi connectivity index (χ0v) is 18.2. The van der Waals surface area contributed by atoms with Crippen LogP contribution in [0.4, 0.5) is 13.2 Å². The number of rotatable bonds is 7. The van der Waals surface area contributed by atoms with E-state index in [0.29, 0.717) is 42.6 Å². The molecule has 0 fully saturated rings. The van der Waals surface area contributed by atoms with Gasteiger partial charge in [0.05, 0.1) is 11.6 Å². The van der Waals surface area contributed by atoms with Crippen LogP contribution in [0.25, 0.3) is 0 Å². The van der Waals surface area contributed by atoms with Crippen molar-refractivity contribution >= 4 is 47.2 Å². The summed E-state index contributed by atoms with van der Waals surface area (Å²) >= 11 is 0.986. The number of primary amides is 1. The molecule has 0 saturated heterocycles. The SMILES string of the molecule is CCNC(=NCc1ccc(C(N)=O)cc1)NCCc1nc(C(F)(F)F)cs1.I. The van der Waals surface area contributed by atoms with E-state index in [-0.39, 0.29) is 24.0 Å². The van der Waals surface area contributed by atoms with Crippen LogP contribution in [0.3, 0.4) is 0 Å². The highest BCUT2D eigenvalue weighted by atomic mass is 127. The van der Waals surface area contributed by atoms with Gasteiger partial charge in [-0.15, -0.1) is 35.3 Å². The van der Waals surface area contributed by atoms with Crippen molar-refractivity contribution in [2.75, 3.05) is 13.1 Å². The van der Waals surface area contributed by atoms with E-state index in [0.717, 1.165) is 22.3 Å². The van der Waals surface area contributed by atoms with Crippen molar-refractivity contribution in [1.82, 2.24) is 15.6 Å². The summed E-state index contributed by atoms with van der Waals surface area (Å²) in [6.45, 7) is 3.33. The Morgan fingerprint density at radius 3 is 2.46 bits per heavy atom. The third kappa shape index (κ3) is 7.62. The summed E-state index contributed by atoms with van der Waals surface area (Å²) in [5, 5.41) is 7.56. The Morgan fingerprint density at radius 2 is 1.93 bits per heavy atom. The van der Waals surface area contributed by atoms with Crippen LogP contribution in [0.1, 0.15) is 33.5 Å². The Morgan fingerprint density at radius 1 is 1.25 bits per heavy atom. The third-order valence-electron chi connectivity index (χ3n) is 3.48. The van der Waals surface area contributed by atoms with Crippen molar-refractivity contribution in [1.29, 1.82) is 0 Å². The Labute approximate surface area is 181 Å².